The number of anilines is 1. The summed E-state index contributed by atoms with van der Waals surface area (Å²) in [7, 11) is 1.43. The molecule has 2 aromatic carbocycles. The molecule has 5 rings (SSSR count). The van der Waals surface area contributed by atoms with Crippen LogP contribution in [0.15, 0.2) is 65.9 Å². The Hall–Kier alpha value is -4.64. The smallest absolute Gasteiger partial charge is 0.274 e. The highest BCUT2D eigenvalue weighted by Gasteiger charge is 2.32. The van der Waals surface area contributed by atoms with Crippen LogP contribution in [-0.2, 0) is 16.1 Å². The monoisotopic (exact) mass is 564 g/mol. The maximum absolute atomic E-state index is 15.2. The molecule has 0 bridgehead atoms. The number of hydrogen-bond donors (Lipinski definition) is 2. The predicted molar refractivity (Wildman–Crippen MR) is 145 cm³/mol. The molecule has 12 heteroatoms. The van der Waals surface area contributed by atoms with Crippen molar-refractivity contribution in [2.75, 3.05) is 12.4 Å². The van der Waals surface area contributed by atoms with E-state index in [1.807, 2.05) is 30.3 Å². The fourth-order valence-corrected chi connectivity index (χ4v) is 4.63. The number of aromatic nitrogens is 3. The quantitative estimate of drug-likeness (QED) is 0.341. The zero-order chi connectivity index (χ0) is 28.4. The Balaban J connectivity index is 1.58. The standard InChI is InChI=1S/C28H23ClF2N6O3/c1-15-18(11-16-7-4-3-5-8-16)25(37(35-15)26-20(29)9-6-10-33-26)28(39)34-24-19(12-17(30)13-21(24)31)22-14-23(40-36-22)27(38)32-2/h3-10,12-13,23H,11,14H2,1-2H3,(H,32,38)(H,34,39). The van der Waals surface area contributed by atoms with E-state index < -0.39 is 29.6 Å². The molecule has 0 fully saturated rings. The molecule has 2 amide bonds. The highest BCUT2D eigenvalue weighted by molar-refractivity contribution is 6.32. The minimum atomic E-state index is -1.03. The first-order valence-corrected chi connectivity index (χ1v) is 12.6. The number of likely N-dealkylation sites (N-methyl/N-ethyl adjacent to an activating group) is 1. The summed E-state index contributed by atoms with van der Waals surface area (Å²) in [5, 5.41) is 13.7. The lowest BCUT2D eigenvalue weighted by Gasteiger charge is -2.14. The molecular formula is C28H23ClF2N6O3. The van der Waals surface area contributed by atoms with Crippen LogP contribution >= 0.6 is 11.6 Å². The van der Waals surface area contributed by atoms with Gasteiger partial charge in [0.05, 0.1) is 22.1 Å². The van der Waals surface area contributed by atoms with Crippen LogP contribution < -0.4 is 10.6 Å². The minimum absolute atomic E-state index is 0.0503. The summed E-state index contributed by atoms with van der Waals surface area (Å²) in [4.78, 5) is 35.4. The van der Waals surface area contributed by atoms with Gasteiger partial charge in [0.15, 0.2) is 5.82 Å². The Kier molecular flexibility index (Phi) is 7.56. The van der Waals surface area contributed by atoms with Crippen LogP contribution in [0.2, 0.25) is 5.02 Å². The van der Waals surface area contributed by atoms with E-state index in [2.05, 4.69) is 25.9 Å². The molecule has 0 radical (unpaired) electrons. The van der Waals surface area contributed by atoms with Crippen molar-refractivity contribution in [3.63, 3.8) is 0 Å². The third-order valence-electron chi connectivity index (χ3n) is 6.38. The van der Waals surface area contributed by atoms with Crippen LogP contribution in [0.5, 0.6) is 0 Å². The number of halogens is 3. The molecule has 3 heterocycles. The maximum Gasteiger partial charge on any atom is 0.274 e. The number of oxime groups is 1. The van der Waals surface area contributed by atoms with E-state index >= 15 is 4.39 Å². The van der Waals surface area contributed by atoms with Crippen molar-refractivity contribution in [2.24, 2.45) is 5.16 Å². The largest absolute Gasteiger partial charge is 0.382 e. The van der Waals surface area contributed by atoms with Gasteiger partial charge in [-0.15, -0.1) is 0 Å². The van der Waals surface area contributed by atoms with Gasteiger partial charge in [-0.1, -0.05) is 47.1 Å². The topological polar surface area (TPSA) is 111 Å². The lowest BCUT2D eigenvalue weighted by atomic mass is 10.0. The molecule has 2 aromatic heterocycles. The molecule has 40 heavy (non-hydrogen) atoms. The summed E-state index contributed by atoms with van der Waals surface area (Å²) in [5.41, 5.74) is 1.81. The number of nitrogens with one attached hydrogen (secondary N) is 2. The van der Waals surface area contributed by atoms with Crippen LogP contribution in [-0.4, -0.2) is 45.4 Å². The first-order chi connectivity index (χ1) is 19.3. The van der Waals surface area contributed by atoms with Crippen LogP contribution in [0.25, 0.3) is 5.82 Å². The molecule has 0 aliphatic carbocycles. The van der Waals surface area contributed by atoms with Gasteiger partial charge >= 0.3 is 0 Å². The zero-order valence-corrected chi connectivity index (χ0v) is 22.2. The molecule has 204 valence electrons. The molecule has 0 spiro atoms. The lowest BCUT2D eigenvalue weighted by molar-refractivity contribution is -0.130. The highest BCUT2D eigenvalue weighted by Crippen LogP contribution is 2.30. The molecular weight excluding hydrogens is 542 g/mol. The van der Waals surface area contributed by atoms with Gasteiger partial charge in [-0.2, -0.15) is 5.10 Å². The van der Waals surface area contributed by atoms with E-state index in [0.717, 1.165) is 11.6 Å². The first-order valence-electron chi connectivity index (χ1n) is 12.2. The van der Waals surface area contributed by atoms with Crippen molar-refractivity contribution in [1.82, 2.24) is 20.1 Å². The zero-order valence-electron chi connectivity index (χ0n) is 21.4. The van der Waals surface area contributed by atoms with Gasteiger partial charge in [-0.25, -0.2) is 18.4 Å². The molecule has 2 N–H and O–H groups in total. The number of hydrogen-bond acceptors (Lipinski definition) is 6. The van der Waals surface area contributed by atoms with Gasteiger partial charge in [0, 0.05) is 43.3 Å². The van der Waals surface area contributed by atoms with Crippen molar-refractivity contribution in [1.29, 1.82) is 0 Å². The molecule has 0 saturated carbocycles. The summed E-state index contributed by atoms with van der Waals surface area (Å²) in [6.07, 6.45) is 0.830. The average Bonchev–Trinajstić information content (AvgIpc) is 3.56. The number of carbonyl (C=O) groups excluding carboxylic acids is 2. The number of amides is 2. The van der Waals surface area contributed by atoms with Crippen LogP contribution in [0, 0.1) is 18.6 Å². The molecule has 4 aromatic rings. The van der Waals surface area contributed by atoms with Crippen molar-refractivity contribution < 1.29 is 23.2 Å². The Morgan fingerprint density at radius 3 is 2.65 bits per heavy atom. The summed E-state index contributed by atoms with van der Waals surface area (Å²) in [5.74, 6) is -2.89. The van der Waals surface area contributed by atoms with Crippen LogP contribution in [0.3, 0.4) is 0 Å². The van der Waals surface area contributed by atoms with Gasteiger partial charge in [0.1, 0.15) is 17.3 Å². The predicted octanol–water partition coefficient (Wildman–Crippen LogP) is 4.59. The van der Waals surface area contributed by atoms with E-state index in [1.54, 1.807) is 19.1 Å². The Morgan fingerprint density at radius 1 is 1.15 bits per heavy atom. The number of benzene rings is 2. The SMILES string of the molecule is CNC(=O)C1CC(c2cc(F)cc(F)c2NC(=O)c2c(Cc3ccccc3)c(C)nn2-c2ncccc2Cl)=NO1. The summed E-state index contributed by atoms with van der Waals surface area (Å²) in [6.45, 7) is 1.75. The molecule has 1 atom stereocenters. The van der Waals surface area contributed by atoms with Crippen molar-refractivity contribution >= 4 is 34.8 Å². The number of aryl methyl sites for hydroxylation is 1. The summed E-state index contributed by atoms with van der Waals surface area (Å²) in [6, 6.07) is 14.4. The van der Waals surface area contributed by atoms with E-state index in [0.29, 0.717) is 23.7 Å². The second kappa shape index (κ2) is 11.2. The van der Waals surface area contributed by atoms with Crippen molar-refractivity contribution in [3.05, 3.63) is 106 Å². The lowest BCUT2D eigenvalue weighted by Crippen LogP contribution is -2.32. The van der Waals surface area contributed by atoms with E-state index in [-0.39, 0.29) is 39.9 Å². The number of carbonyl (C=O) groups is 2. The second-order valence-corrected chi connectivity index (χ2v) is 9.42. The van der Waals surface area contributed by atoms with E-state index in [9.17, 15) is 14.0 Å². The highest BCUT2D eigenvalue weighted by atomic mass is 35.5. The molecule has 1 aliphatic heterocycles. The van der Waals surface area contributed by atoms with E-state index in [1.165, 1.54) is 17.9 Å². The van der Waals surface area contributed by atoms with Gasteiger partial charge < -0.3 is 15.5 Å². The first kappa shape index (κ1) is 26.9. The van der Waals surface area contributed by atoms with Gasteiger partial charge in [-0.05, 0) is 30.7 Å². The fraction of sp³-hybridized carbons (Fsp3) is 0.179. The molecule has 1 unspecified atom stereocenters. The number of rotatable bonds is 7. The fourth-order valence-electron chi connectivity index (χ4n) is 4.43. The van der Waals surface area contributed by atoms with Crippen molar-refractivity contribution in [3.8, 4) is 5.82 Å². The average molecular weight is 565 g/mol. The van der Waals surface area contributed by atoms with Crippen LogP contribution in [0.1, 0.15) is 39.3 Å². The minimum Gasteiger partial charge on any atom is -0.382 e. The number of pyridine rings is 1. The van der Waals surface area contributed by atoms with Gasteiger partial charge in [-0.3, -0.25) is 9.59 Å². The molecule has 9 nitrogen and oxygen atoms in total. The molecule has 0 saturated heterocycles. The van der Waals surface area contributed by atoms with E-state index in [4.69, 9.17) is 16.4 Å². The van der Waals surface area contributed by atoms with Gasteiger partial charge in [0.2, 0.25) is 6.10 Å². The third kappa shape index (κ3) is 5.28. The Labute approximate surface area is 232 Å². The third-order valence-corrected chi connectivity index (χ3v) is 6.67. The normalized spacial score (nSPS) is 14.4. The maximum atomic E-state index is 15.2. The molecule has 1 aliphatic rings. The summed E-state index contributed by atoms with van der Waals surface area (Å²) < 4.78 is 30.8. The van der Waals surface area contributed by atoms with Crippen molar-refractivity contribution in [2.45, 2.75) is 25.9 Å². The van der Waals surface area contributed by atoms with Crippen LogP contribution in [0.4, 0.5) is 14.5 Å². The second-order valence-electron chi connectivity index (χ2n) is 9.01. The Morgan fingerprint density at radius 2 is 1.93 bits per heavy atom. The Bertz CT molecular complexity index is 1640. The summed E-state index contributed by atoms with van der Waals surface area (Å²) >= 11 is 6.40. The van der Waals surface area contributed by atoms with Gasteiger partial charge in [0.25, 0.3) is 11.8 Å². The number of nitrogens with zero attached hydrogens (tertiary/aromatic N) is 4.